The van der Waals surface area contributed by atoms with Gasteiger partial charge in [0, 0.05) is 18.9 Å². The molecule has 0 unspecified atom stereocenters. The van der Waals surface area contributed by atoms with E-state index in [-0.39, 0.29) is 5.41 Å². The number of rotatable bonds is 2. The van der Waals surface area contributed by atoms with Gasteiger partial charge in [0.1, 0.15) is 0 Å². The molecule has 0 aliphatic carbocycles. The van der Waals surface area contributed by atoms with E-state index < -0.39 is 0 Å². The van der Waals surface area contributed by atoms with Crippen molar-refractivity contribution in [1.82, 2.24) is 9.78 Å². The summed E-state index contributed by atoms with van der Waals surface area (Å²) in [5.41, 5.74) is 8.96. The summed E-state index contributed by atoms with van der Waals surface area (Å²) in [6.07, 6.45) is 1.78. The van der Waals surface area contributed by atoms with E-state index >= 15 is 0 Å². The molecule has 4 heteroatoms. The maximum Gasteiger partial charge on any atom is 0.175 e. The van der Waals surface area contributed by atoms with E-state index in [0.29, 0.717) is 11.5 Å². The van der Waals surface area contributed by atoms with E-state index in [4.69, 9.17) is 5.73 Å². The summed E-state index contributed by atoms with van der Waals surface area (Å²) in [4.78, 5) is 0. The number of nitrogen functional groups attached to an aromatic ring is 1. The largest absolute Gasteiger partial charge is 0.394 e. The van der Waals surface area contributed by atoms with Crippen molar-refractivity contribution in [1.29, 1.82) is 0 Å². The number of benzene rings is 1. The monoisotopic (exact) mass is 244 g/mol. The van der Waals surface area contributed by atoms with Gasteiger partial charge >= 0.3 is 0 Å². The second kappa shape index (κ2) is 4.37. The van der Waals surface area contributed by atoms with Crippen molar-refractivity contribution >= 4 is 17.2 Å². The van der Waals surface area contributed by atoms with Crippen LogP contribution in [0.2, 0.25) is 0 Å². The molecule has 0 saturated carbocycles. The normalized spacial score (nSPS) is 11.6. The van der Waals surface area contributed by atoms with Gasteiger partial charge in [-0.05, 0) is 23.1 Å². The van der Waals surface area contributed by atoms with E-state index in [9.17, 15) is 0 Å². The lowest BCUT2D eigenvalue weighted by Crippen LogP contribution is -2.10. The van der Waals surface area contributed by atoms with Crippen LogP contribution in [0, 0.1) is 0 Å². The molecule has 0 aliphatic heterocycles. The summed E-state index contributed by atoms with van der Waals surface area (Å²) >= 11 is 0. The van der Waals surface area contributed by atoms with Crippen LogP contribution in [-0.2, 0) is 12.5 Å². The highest BCUT2D eigenvalue weighted by atomic mass is 15.3. The number of hydrogen-bond donors (Lipinski definition) is 2. The van der Waals surface area contributed by atoms with Gasteiger partial charge in [0.15, 0.2) is 5.82 Å². The molecule has 1 aromatic heterocycles. The molecule has 0 fully saturated rings. The zero-order valence-electron chi connectivity index (χ0n) is 11.4. The third-order valence-corrected chi connectivity index (χ3v) is 2.87. The molecule has 4 nitrogen and oxygen atoms in total. The van der Waals surface area contributed by atoms with Gasteiger partial charge in [0.2, 0.25) is 0 Å². The lowest BCUT2D eigenvalue weighted by molar-refractivity contribution is 0.590. The van der Waals surface area contributed by atoms with Crippen molar-refractivity contribution < 1.29 is 0 Å². The fraction of sp³-hybridized carbons (Fsp3) is 0.357. The van der Waals surface area contributed by atoms with Gasteiger partial charge in [-0.25, -0.2) is 0 Å². The molecule has 18 heavy (non-hydrogen) atoms. The van der Waals surface area contributed by atoms with Crippen LogP contribution >= 0.6 is 0 Å². The summed E-state index contributed by atoms with van der Waals surface area (Å²) in [5.74, 6) is 0.695. The van der Waals surface area contributed by atoms with Gasteiger partial charge in [0.05, 0.1) is 5.69 Å². The van der Waals surface area contributed by atoms with Gasteiger partial charge in [-0.15, -0.1) is 0 Å². The molecule has 0 bridgehead atoms. The van der Waals surface area contributed by atoms with Gasteiger partial charge < -0.3 is 11.1 Å². The molecule has 0 aliphatic rings. The number of aryl methyl sites for hydroxylation is 1. The predicted octanol–water partition coefficient (Wildman–Crippen LogP) is 3.04. The van der Waals surface area contributed by atoms with Crippen LogP contribution in [0.1, 0.15) is 26.3 Å². The molecule has 96 valence electrons. The number of hydrogen-bond acceptors (Lipinski definition) is 3. The summed E-state index contributed by atoms with van der Waals surface area (Å²) in [7, 11) is 1.85. The van der Waals surface area contributed by atoms with Crippen LogP contribution < -0.4 is 11.1 Å². The Hall–Kier alpha value is -1.97. The summed E-state index contributed by atoms with van der Waals surface area (Å²) in [6, 6.07) is 8.35. The first-order chi connectivity index (χ1) is 8.36. The fourth-order valence-electron chi connectivity index (χ4n) is 1.79. The molecule has 0 radical (unpaired) electrons. The summed E-state index contributed by atoms with van der Waals surface area (Å²) in [5, 5.41) is 7.47. The minimum Gasteiger partial charge on any atom is -0.394 e. The van der Waals surface area contributed by atoms with E-state index in [1.165, 1.54) is 5.56 Å². The highest BCUT2D eigenvalue weighted by Crippen LogP contribution is 2.25. The first-order valence-corrected chi connectivity index (χ1v) is 6.03. The van der Waals surface area contributed by atoms with Gasteiger partial charge in [-0.1, -0.05) is 32.9 Å². The first kappa shape index (κ1) is 12.5. The summed E-state index contributed by atoms with van der Waals surface area (Å²) < 4.78 is 1.70. The number of nitrogens with one attached hydrogen (secondary N) is 1. The zero-order valence-corrected chi connectivity index (χ0v) is 11.4. The molecular formula is C14H20N4. The average Bonchev–Trinajstić information content (AvgIpc) is 2.57. The topological polar surface area (TPSA) is 55.9 Å². The smallest absolute Gasteiger partial charge is 0.175 e. The second-order valence-electron chi connectivity index (χ2n) is 5.56. The van der Waals surface area contributed by atoms with Crippen molar-refractivity contribution in [2.45, 2.75) is 26.2 Å². The predicted molar refractivity (Wildman–Crippen MR) is 76.0 cm³/mol. The molecule has 1 aromatic carbocycles. The molecule has 2 rings (SSSR count). The molecule has 0 spiro atoms. The van der Waals surface area contributed by atoms with Crippen LogP contribution in [0.15, 0.2) is 30.5 Å². The number of nitrogens with zero attached hydrogens (tertiary/aromatic N) is 2. The second-order valence-corrected chi connectivity index (χ2v) is 5.56. The Labute approximate surface area is 108 Å². The van der Waals surface area contributed by atoms with Crippen LogP contribution in [-0.4, -0.2) is 9.78 Å². The molecule has 0 atom stereocenters. The van der Waals surface area contributed by atoms with Crippen LogP contribution in [0.5, 0.6) is 0 Å². The van der Waals surface area contributed by atoms with Crippen molar-refractivity contribution in [3.63, 3.8) is 0 Å². The Bertz CT molecular complexity index is 532. The van der Waals surface area contributed by atoms with Gasteiger partial charge in [-0.3, -0.25) is 4.68 Å². The minimum atomic E-state index is 0.169. The Morgan fingerprint density at radius 2 is 1.78 bits per heavy atom. The zero-order chi connectivity index (χ0) is 13.3. The van der Waals surface area contributed by atoms with Crippen LogP contribution in [0.3, 0.4) is 0 Å². The van der Waals surface area contributed by atoms with E-state index in [0.717, 1.165) is 5.69 Å². The minimum absolute atomic E-state index is 0.169. The third kappa shape index (κ3) is 2.64. The molecule has 1 heterocycles. The Balaban J connectivity index is 2.18. The Morgan fingerprint density at radius 3 is 2.22 bits per heavy atom. The maximum absolute atomic E-state index is 5.84. The third-order valence-electron chi connectivity index (χ3n) is 2.87. The lowest BCUT2D eigenvalue weighted by atomic mass is 9.87. The lowest BCUT2D eigenvalue weighted by Gasteiger charge is -2.19. The Kier molecular flexibility index (Phi) is 3.03. The van der Waals surface area contributed by atoms with Gasteiger partial charge in [-0.2, -0.15) is 5.10 Å². The highest BCUT2D eigenvalue weighted by Gasteiger charge is 2.13. The van der Waals surface area contributed by atoms with Crippen molar-refractivity contribution in [2.75, 3.05) is 11.1 Å². The maximum atomic E-state index is 5.84. The van der Waals surface area contributed by atoms with Gasteiger partial charge in [0.25, 0.3) is 0 Å². The molecule has 0 saturated heterocycles. The van der Waals surface area contributed by atoms with Crippen molar-refractivity contribution in [3.05, 3.63) is 36.0 Å². The number of nitrogens with two attached hydrogens (primary N) is 1. The van der Waals surface area contributed by atoms with Crippen LogP contribution in [0.4, 0.5) is 17.2 Å². The van der Waals surface area contributed by atoms with E-state index in [1.54, 1.807) is 10.9 Å². The van der Waals surface area contributed by atoms with Crippen LogP contribution in [0.25, 0.3) is 0 Å². The average molecular weight is 244 g/mol. The molecule has 3 N–H and O–H groups in total. The van der Waals surface area contributed by atoms with Crippen molar-refractivity contribution in [2.24, 2.45) is 7.05 Å². The van der Waals surface area contributed by atoms with Crippen molar-refractivity contribution in [3.8, 4) is 0 Å². The summed E-state index contributed by atoms with van der Waals surface area (Å²) in [6.45, 7) is 6.60. The number of aromatic nitrogens is 2. The highest BCUT2D eigenvalue weighted by molar-refractivity contribution is 5.68. The van der Waals surface area contributed by atoms with E-state index in [1.807, 2.05) is 7.05 Å². The quantitative estimate of drug-likeness (QED) is 0.853. The van der Waals surface area contributed by atoms with E-state index in [2.05, 4.69) is 55.5 Å². The number of anilines is 3. The standard InChI is InChI=1S/C14H20N4/c1-14(2,3)10-5-7-11(8-6-10)16-13-12(15)9-18(4)17-13/h5-9H,15H2,1-4H3,(H,16,17). The molecule has 2 aromatic rings. The molecule has 0 amide bonds. The fourth-order valence-corrected chi connectivity index (χ4v) is 1.79. The molecular weight excluding hydrogens is 224 g/mol. The Morgan fingerprint density at radius 1 is 1.17 bits per heavy atom. The first-order valence-electron chi connectivity index (χ1n) is 6.03. The SMILES string of the molecule is Cn1cc(N)c(Nc2ccc(C(C)(C)C)cc2)n1.